The van der Waals surface area contributed by atoms with Gasteiger partial charge in [-0.05, 0) is 56.9 Å². The van der Waals surface area contributed by atoms with Crippen molar-refractivity contribution in [3.05, 3.63) is 21.9 Å². The van der Waals surface area contributed by atoms with Crippen LogP contribution in [-0.2, 0) is 0 Å². The van der Waals surface area contributed by atoms with Crippen LogP contribution in [-0.4, -0.2) is 30.1 Å². The highest BCUT2D eigenvalue weighted by Gasteiger charge is 2.38. The van der Waals surface area contributed by atoms with E-state index in [1.807, 2.05) is 11.3 Å². The Bertz CT molecular complexity index is 371. The van der Waals surface area contributed by atoms with Gasteiger partial charge in [-0.25, -0.2) is 0 Å². The fourth-order valence-corrected chi connectivity index (χ4v) is 3.86. The molecular formula is C16H30N2S. The van der Waals surface area contributed by atoms with E-state index in [1.165, 1.54) is 10.4 Å². The van der Waals surface area contributed by atoms with E-state index in [1.54, 1.807) is 0 Å². The van der Waals surface area contributed by atoms with Crippen molar-refractivity contribution in [3.63, 3.8) is 0 Å². The van der Waals surface area contributed by atoms with E-state index in [4.69, 9.17) is 0 Å². The highest BCUT2D eigenvalue weighted by atomic mass is 32.1. The fourth-order valence-electron chi connectivity index (χ4n) is 3.12. The molecule has 0 radical (unpaired) electrons. The Balaban J connectivity index is 3.17. The Hall–Kier alpha value is -0.380. The molecule has 110 valence electrons. The summed E-state index contributed by atoms with van der Waals surface area (Å²) in [4.78, 5) is 4.04. The van der Waals surface area contributed by atoms with Crippen molar-refractivity contribution in [2.24, 2.45) is 0 Å². The highest BCUT2D eigenvalue weighted by Crippen LogP contribution is 2.37. The molecule has 0 aliphatic rings. The van der Waals surface area contributed by atoms with E-state index >= 15 is 0 Å². The van der Waals surface area contributed by atoms with Crippen LogP contribution < -0.4 is 5.32 Å². The lowest BCUT2D eigenvalue weighted by Gasteiger charge is -2.46. The lowest BCUT2D eigenvalue weighted by Crippen LogP contribution is -2.54. The van der Waals surface area contributed by atoms with E-state index in [2.05, 4.69) is 63.2 Å². The maximum absolute atomic E-state index is 3.73. The molecule has 0 spiro atoms. The standard InChI is InChI=1S/C16H30N2S/c1-7-16(6,18(9-3)10-4)15(17-8-2)14-11-12-19-13(14)5/h11-12,15,17H,7-10H2,1-6H3. The largest absolute Gasteiger partial charge is 0.309 e. The fraction of sp³-hybridized carbons (Fsp3) is 0.750. The summed E-state index contributed by atoms with van der Waals surface area (Å²) in [5.74, 6) is 0. The van der Waals surface area contributed by atoms with Crippen LogP contribution in [0.15, 0.2) is 11.4 Å². The Morgan fingerprint density at radius 3 is 2.26 bits per heavy atom. The summed E-state index contributed by atoms with van der Waals surface area (Å²) in [6.45, 7) is 16.9. The molecule has 2 atom stereocenters. The summed E-state index contributed by atoms with van der Waals surface area (Å²) in [6, 6.07) is 2.71. The maximum atomic E-state index is 3.73. The van der Waals surface area contributed by atoms with Gasteiger partial charge in [-0.2, -0.15) is 0 Å². The minimum absolute atomic E-state index is 0.172. The monoisotopic (exact) mass is 282 g/mol. The van der Waals surface area contributed by atoms with Gasteiger partial charge in [-0.15, -0.1) is 11.3 Å². The van der Waals surface area contributed by atoms with Gasteiger partial charge in [0.05, 0.1) is 6.04 Å². The molecule has 1 N–H and O–H groups in total. The average molecular weight is 282 g/mol. The van der Waals surface area contributed by atoms with Crippen molar-refractivity contribution in [1.29, 1.82) is 0 Å². The van der Waals surface area contributed by atoms with Gasteiger partial charge in [0.15, 0.2) is 0 Å². The Kier molecular flexibility index (Phi) is 6.51. The van der Waals surface area contributed by atoms with Gasteiger partial charge in [-0.1, -0.05) is 27.7 Å². The molecule has 2 unspecified atom stereocenters. The first kappa shape index (κ1) is 16.7. The molecule has 3 heteroatoms. The Labute approximate surface area is 123 Å². The Morgan fingerprint density at radius 2 is 1.89 bits per heavy atom. The third-order valence-electron chi connectivity index (χ3n) is 4.44. The van der Waals surface area contributed by atoms with Crippen molar-refractivity contribution in [2.45, 2.75) is 59.5 Å². The van der Waals surface area contributed by atoms with Crippen LogP contribution in [0.4, 0.5) is 0 Å². The first-order valence-electron chi connectivity index (χ1n) is 7.57. The van der Waals surface area contributed by atoms with Gasteiger partial charge >= 0.3 is 0 Å². The zero-order valence-corrected chi connectivity index (χ0v) is 14.2. The first-order chi connectivity index (χ1) is 9.04. The van der Waals surface area contributed by atoms with E-state index in [-0.39, 0.29) is 5.54 Å². The molecule has 0 aliphatic heterocycles. The molecule has 19 heavy (non-hydrogen) atoms. The topological polar surface area (TPSA) is 15.3 Å². The summed E-state index contributed by atoms with van der Waals surface area (Å²) in [5, 5.41) is 5.95. The maximum Gasteiger partial charge on any atom is 0.0515 e. The summed E-state index contributed by atoms with van der Waals surface area (Å²) in [6.07, 6.45) is 1.15. The summed E-state index contributed by atoms with van der Waals surface area (Å²) < 4.78 is 0. The second-order valence-corrected chi connectivity index (χ2v) is 6.43. The predicted octanol–water partition coefficient (Wildman–Crippen LogP) is 4.22. The minimum Gasteiger partial charge on any atom is -0.309 e. The smallest absolute Gasteiger partial charge is 0.0515 e. The molecule has 0 fully saturated rings. The third-order valence-corrected chi connectivity index (χ3v) is 5.30. The van der Waals surface area contributed by atoms with Crippen LogP contribution in [0.1, 0.15) is 57.5 Å². The van der Waals surface area contributed by atoms with Crippen molar-refractivity contribution in [1.82, 2.24) is 10.2 Å². The van der Waals surface area contributed by atoms with Gasteiger partial charge < -0.3 is 5.32 Å². The van der Waals surface area contributed by atoms with Crippen molar-refractivity contribution < 1.29 is 0 Å². The number of hydrogen-bond acceptors (Lipinski definition) is 3. The third kappa shape index (κ3) is 3.39. The normalized spacial score (nSPS) is 16.6. The minimum atomic E-state index is 0.172. The molecule has 0 saturated carbocycles. The van der Waals surface area contributed by atoms with Crippen LogP contribution in [0.3, 0.4) is 0 Å². The molecule has 0 bridgehead atoms. The number of nitrogens with one attached hydrogen (secondary N) is 1. The first-order valence-corrected chi connectivity index (χ1v) is 8.45. The van der Waals surface area contributed by atoms with Crippen LogP contribution >= 0.6 is 11.3 Å². The predicted molar refractivity (Wildman–Crippen MR) is 87.1 cm³/mol. The van der Waals surface area contributed by atoms with E-state index < -0.39 is 0 Å². The Morgan fingerprint density at radius 1 is 1.26 bits per heavy atom. The molecule has 1 heterocycles. The molecule has 0 saturated heterocycles. The number of likely N-dealkylation sites (N-methyl/N-ethyl adjacent to an activating group) is 2. The summed E-state index contributed by atoms with van der Waals surface area (Å²) in [5.41, 5.74) is 1.65. The molecular weight excluding hydrogens is 252 g/mol. The molecule has 1 aromatic heterocycles. The van der Waals surface area contributed by atoms with Crippen LogP contribution in [0.5, 0.6) is 0 Å². The summed E-state index contributed by atoms with van der Waals surface area (Å²) >= 11 is 1.85. The van der Waals surface area contributed by atoms with Crippen LogP contribution in [0, 0.1) is 6.92 Å². The van der Waals surface area contributed by atoms with Crippen LogP contribution in [0.2, 0.25) is 0 Å². The van der Waals surface area contributed by atoms with Crippen LogP contribution in [0.25, 0.3) is 0 Å². The molecule has 2 nitrogen and oxygen atoms in total. The second-order valence-electron chi connectivity index (χ2n) is 5.31. The van der Waals surface area contributed by atoms with Gasteiger partial charge in [0.2, 0.25) is 0 Å². The van der Waals surface area contributed by atoms with Gasteiger partial charge in [0.1, 0.15) is 0 Å². The lowest BCUT2D eigenvalue weighted by atomic mass is 9.83. The van der Waals surface area contributed by atoms with Crippen molar-refractivity contribution in [3.8, 4) is 0 Å². The second kappa shape index (κ2) is 7.41. The van der Waals surface area contributed by atoms with Gasteiger partial charge in [-0.3, -0.25) is 4.90 Å². The number of nitrogens with zero attached hydrogens (tertiary/aromatic N) is 1. The number of rotatable bonds is 8. The molecule has 0 amide bonds. The zero-order chi connectivity index (χ0) is 14.5. The van der Waals surface area contributed by atoms with E-state index in [9.17, 15) is 0 Å². The van der Waals surface area contributed by atoms with E-state index in [0.29, 0.717) is 6.04 Å². The number of hydrogen-bond donors (Lipinski definition) is 1. The van der Waals surface area contributed by atoms with E-state index in [0.717, 1.165) is 26.1 Å². The molecule has 1 aromatic rings. The average Bonchev–Trinajstić information content (AvgIpc) is 2.83. The zero-order valence-electron chi connectivity index (χ0n) is 13.4. The SMILES string of the molecule is CCNC(c1ccsc1C)C(C)(CC)N(CC)CC. The van der Waals surface area contributed by atoms with Gasteiger partial charge in [0.25, 0.3) is 0 Å². The molecule has 0 aromatic carbocycles. The van der Waals surface area contributed by atoms with Crippen molar-refractivity contribution >= 4 is 11.3 Å². The molecule has 1 rings (SSSR count). The quantitative estimate of drug-likeness (QED) is 0.768. The lowest BCUT2D eigenvalue weighted by molar-refractivity contribution is 0.0704. The molecule has 0 aliphatic carbocycles. The number of aryl methyl sites for hydroxylation is 1. The number of thiophene rings is 1. The highest BCUT2D eigenvalue weighted by molar-refractivity contribution is 7.10. The van der Waals surface area contributed by atoms with Crippen molar-refractivity contribution in [2.75, 3.05) is 19.6 Å². The summed E-state index contributed by atoms with van der Waals surface area (Å²) in [7, 11) is 0. The van der Waals surface area contributed by atoms with Gasteiger partial charge in [0, 0.05) is 10.4 Å².